The maximum atomic E-state index is 13.1. The normalized spacial score (nSPS) is 26.1. The highest BCUT2D eigenvalue weighted by molar-refractivity contribution is 5.85. The summed E-state index contributed by atoms with van der Waals surface area (Å²) in [5.74, 6) is -2.08. The van der Waals surface area contributed by atoms with Crippen molar-refractivity contribution in [2.45, 2.75) is 128 Å². The van der Waals surface area contributed by atoms with E-state index < -0.39 is 72.1 Å². The van der Waals surface area contributed by atoms with Gasteiger partial charge in [0.1, 0.15) is 36.0 Å². The lowest BCUT2D eigenvalue weighted by Crippen LogP contribution is -2.54. The smallest absolute Gasteiger partial charge is 0.408 e. The fourth-order valence-electron chi connectivity index (χ4n) is 4.47. The molecule has 2 aliphatic rings. The summed E-state index contributed by atoms with van der Waals surface area (Å²) in [6.45, 7) is 11.9. The molecule has 2 aliphatic heterocycles. The lowest BCUT2D eigenvalue weighted by Gasteiger charge is -2.31. The van der Waals surface area contributed by atoms with E-state index in [1.165, 1.54) is 14.2 Å². The zero-order chi connectivity index (χ0) is 29.5. The van der Waals surface area contributed by atoms with Gasteiger partial charge in [-0.1, -0.05) is 6.42 Å². The first-order chi connectivity index (χ1) is 18.1. The first-order valence-corrected chi connectivity index (χ1v) is 13.3. The first-order valence-electron chi connectivity index (χ1n) is 13.3. The highest BCUT2D eigenvalue weighted by Gasteiger charge is 2.57. The quantitative estimate of drug-likeness (QED) is 0.236. The van der Waals surface area contributed by atoms with Crippen molar-refractivity contribution in [2.24, 2.45) is 0 Å². The predicted octanol–water partition coefficient (Wildman–Crippen LogP) is 1.51. The molecule has 13 heteroatoms. The number of fused-ring (bicyclic) bond motifs is 1. The summed E-state index contributed by atoms with van der Waals surface area (Å²) < 4.78 is 33.6. The lowest BCUT2D eigenvalue weighted by molar-refractivity contribution is -0.220. The molecular weight excluding hydrogens is 514 g/mol. The number of unbranched alkanes of at least 4 members (excludes halogenated alkanes) is 1. The fourth-order valence-corrected chi connectivity index (χ4v) is 4.47. The van der Waals surface area contributed by atoms with Crippen LogP contribution in [0.15, 0.2) is 0 Å². The van der Waals surface area contributed by atoms with Crippen molar-refractivity contribution >= 4 is 23.9 Å². The van der Waals surface area contributed by atoms with E-state index in [-0.39, 0.29) is 12.3 Å². The number of nitrogens with one attached hydrogen (secondary N) is 3. The number of alkyl carbamates (subject to hydrolysis) is 1. The zero-order valence-corrected chi connectivity index (χ0v) is 24.5. The number of carbonyl (C=O) groups is 4. The Balaban J connectivity index is 2.04. The molecule has 0 aliphatic carbocycles. The van der Waals surface area contributed by atoms with Crippen LogP contribution in [0.25, 0.3) is 0 Å². The molecule has 2 heterocycles. The van der Waals surface area contributed by atoms with Gasteiger partial charge in [0.2, 0.25) is 11.8 Å². The Bertz CT molecular complexity index is 875. The van der Waals surface area contributed by atoms with E-state index in [4.69, 9.17) is 23.7 Å². The fraction of sp³-hybridized carbons (Fsp3) is 0.846. The van der Waals surface area contributed by atoms with Crippen LogP contribution in [0.1, 0.15) is 74.1 Å². The number of rotatable bonds is 12. The average molecular weight is 560 g/mol. The van der Waals surface area contributed by atoms with Crippen LogP contribution in [0, 0.1) is 0 Å². The monoisotopic (exact) mass is 559 g/mol. The molecule has 3 amide bonds. The van der Waals surface area contributed by atoms with Crippen LogP contribution < -0.4 is 16.0 Å². The summed E-state index contributed by atoms with van der Waals surface area (Å²) in [4.78, 5) is 49.0. The van der Waals surface area contributed by atoms with Crippen molar-refractivity contribution in [1.82, 2.24) is 16.0 Å². The third-order valence-electron chi connectivity index (χ3n) is 6.25. The third-order valence-corrected chi connectivity index (χ3v) is 6.25. The highest BCUT2D eigenvalue weighted by atomic mass is 16.8. The summed E-state index contributed by atoms with van der Waals surface area (Å²) in [5.41, 5.74) is -0.710. The molecule has 0 aromatic rings. The number of methoxy groups -OCH3 is 2. The van der Waals surface area contributed by atoms with Crippen molar-refractivity contribution in [3.63, 3.8) is 0 Å². The summed E-state index contributed by atoms with van der Waals surface area (Å²) in [7, 11) is 2.80. The SMILES string of the molecule is COC(=O)[C@H](C)NC(=O)CCCCC(NC(=O)[C@H](C)NC(=O)OC(C)(C)C)[C@H]1O[C@@H]2OC(C)(C)O[C@@H]2[C@H]1OC. The Kier molecular flexibility index (Phi) is 11.5. The van der Waals surface area contributed by atoms with Crippen molar-refractivity contribution in [3.05, 3.63) is 0 Å². The zero-order valence-electron chi connectivity index (χ0n) is 24.5. The molecule has 1 unspecified atom stereocenters. The molecule has 3 N–H and O–H groups in total. The van der Waals surface area contributed by atoms with Gasteiger partial charge in [-0.05, 0) is 61.3 Å². The molecule has 0 aromatic heterocycles. The standard InChI is InChI=1S/C26H45N3O10/c1-14(28-24(33)39-25(3,4)5)21(31)29-16(12-10-11-13-17(30)27-15(2)22(32)35-9)18-19(34-8)20-23(36-18)38-26(6,7)37-20/h14-16,18-20,23H,10-13H2,1-9H3,(H,27,30)(H,28,33)(H,29,31)/t14-,15-,16?,18+,19-,20+,23+/m0/s1. The maximum Gasteiger partial charge on any atom is 0.408 e. The molecule has 0 aromatic carbocycles. The molecule has 0 spiro atoms. The van der Waals surface area contributed by atoms with E-state index in [1.54, 1.807) is 48.5 Å². The summed E-state index contributed by atoms with van der Waals surface area (Å²) in [6, 6.07) is -2.17. The molecule has 7 atom stereocenters. The van der Waals surface area contributed by atoms with Gasteiger partial charge < -0.3 is 44.4 Å². The van der Waals surface area contributed by atoms with Crippen LogP contribution in [0.2, 0.25) is 0 Å². The van der Waals surface area contributed by atoms with Crippen LogP contribution >= 0.6 is 0 Å². The Morgan fingerprint density at radius 3 is 2.21 bits per heavy atom. The van der Waals surface area contributed by atoms with Crippen LogP contribution in [-0.2, 0) is 42.8 Å². The summed E-state index contributed by atoms with van der Waals surface area (Å²) in [6.07, 6.45) is -1.32. The largest absolute Gasteiger partial charge is 0.467 e. The second kappa shape index (κ2) is 13.7. The Morgan fingerprint density at radius 1 is 0.949 bits per heavy atom. The molecule has 0 radical (unpaired) electrons. The molecule has 2 fully saturated rings. The van der Waals surface area contributed by atoms with Gasteiger partial charge in [0.05, 0.1) is 13.2 Å². The maximum absolute atomic E-state index is 13.1. The van der Waals surface area contributed by atoms with Crippen LogP contribution in [-0.4, -0.2) is 92.2 Å². The second-order valence-electron chi connectivity index (χ2n) is 11.3. The van der Waals surface area contributed by atoms with Gasteiger partial charge in [-0.25, -0.2) is 9.59 Å². The minimum atomic E-state index is -0.888. The number of amides is 3. The van der Waals surface area contributed by atoms with E-state index in [0.29, 0.717) is 19.3 Å². The Labute approximate surface area is 230 Å². The lowest BCUT2D eigenvalue weighted by atomic mass is 9.97. The summed E-state index contributed by atoms with van der Waals surface area (Å²) >= 11 is 0. The molecule has 2 saturated heterocycles. The van der Waals surface area contributed by atoms with Crippen molar-refractivity contribution in [1.29, 1.82) is 0 Å². The third kappa shape index (κ3) is 9.89. The van der Waals surface area contributed by atoms with Crippen molar-refractivity contribution in [2.75, 3.05) is 14.2 Å². The van der Waals surface area contributed by atoms with Crippen molar-refractivity contribution in [3.8, 4) is 0 Å². The molecular formula is C26H45N3O10. The van der Waals surface area contributed by atoms with Gasteiger partial charge >= 0.3 is 12.1 Å². The topological polar surface area (TPSA) is 160 Å². The number of carbonyl (C=O) groups excluding carboxylic acids is 4. The van der Waals surface area contributed by atoms with E-state index in [9.17, 15) is 19.2 Å². The van der Waals surface area contributed by atoms with Crippen molar-refractivity contribution < 1.29 is 47.6 Å². The van der Waals surface area contributed by atoms with Gasteiger partial charge in [-0.2, -0.15) is 0 Å². The van der Waals surface area contributed by atoms with Crippen LogP contribution in [0.3, 0.4) is 0 Å². The molecule has 0 bridgehead atoms. The molecule has 39 heavy (non-hydrogen) atoms. The predicted molar refractivity (Wildman–Crippen MR) is 138 cm³/mol. The van der Waals surface area contributed by atoms with E-state index in [1.807, 2.05) is 0 Å². The average Bonchev–Trinajstić information content (AvgIpc) is 3.29. The van der Waals surface area contributed by atoms with E-state index in [2.05, 4.69) is 20.7 Å². The second-order valence-corrected chi connectivity index (χ2v) is 11.3. The van der Waals surface area contributed by atoms with Gasteiger partial charge in [-0.15, -0.1) is 0 Å². The molecule has 13 nitrogen and oxygen atoms in total. The van der Waals surface area contributed by atoms with Gasteiger partial charge in [0, 0.05) is 13.5 Å². The number of ether oxygens (including phenoxy) is 6. The van der Waals surface area contributed by atoms with E-state index in [0.717, 1.165) is 0 Å². The Morgan fingerprint density at radius 2 is 1.62 bits per heavy atom. The number of hydrogen-bond donors (Lipinski definition) is 3. The minimum Gasteiger partial charge on any atom is -0.467 e. The first kappa shape index (κ1) is 32.7. The molecule has 224 valence electrons. The van der Waals surface area contributed by atoms with Crippen LogP contribution in [0.5, 0.6) is 0 Å². The number of hydrogen-bond acceptors (Lipinski definition) is 10. The van der Waals surface area contributed by atoms with E-state index >= 15 is 0 Å². The molecule has 2 rings (SSSR count). The molecule has 0 saturated carbocycles. The van der Waals surface area contributed by atoms with Gasteiger partial charge in [-0.3, -0.25) is 9.59 Å². The highest BCUT2D eigenvalue weighted by Crippen LogP contribution is 2.40. The van der Waals surface area contributed by atoms with Gasteiger partial charge in [0.25, 0.3) is 0 Å². The Hall–Kier alpha value is -2.48. The summed E-state index contributed by atoms with van der Waals surface area (Å²) in [5, 5.41) is 8.09. The minimum absolute atomic E-state index is 0.184. The van der Waals surface area contributed by atoms with Crippen LogP contribution in [0.4, 0.5) is 4.79 Å². The number of esters is 1. The van der Waals surface area contributed by atoms with Gasteiger partial charge in [0.15, 0.2) is 12.1 Å².